The van der Waals surface area contributed by atoms with E-state index in [-0.39, 0.29) is 22.2 Å². The Morgan fingerprint density at radius 2 is 2.30 bits per heavy atom. The van der Waals surface area contributed by atoms with Gasteiger partial charge >= 0.3 is 0 Å². The molecule has 1 aromatic rings. The summed E-state index contributed by atoms with van der Waals surface area (Å²) in [5.74, 6) is -0.403. The number of rotatable bonds is 3. The van der Waals surface area contributed by atoms with Crippen molar-refractivity contribution in [2.45, 2.75) is 19.4 Å². The van der Waals surface area contributed by atoms with E-state index in [2.05, 4.69) is 0 Å². The largest absolute Gasteiger partial charge is 0.393 e. The number of carbonyl (C=O) groups is 1. The van der Waals surface area contributed by atoms with Crippen molar-refractivity contribution in [3.05, 3.63) is 38.9 Å². The zero-order valence-corrected chi connectivity index (χ0v) is 11.7. The fourth-order valence-electron chi connectivity index (χ4n) is 2.37. The molecule has 1 fully saturated rings. The maximum Gasteiger partial charge on any atom is 0.282 e. The van der Waals surface area contributed by atoms with Crippen molar-refractivity contribution in [2.24, 2.45) is 5.92 Å². The zero-order chi connectivity index (χ0) is 14.9. The van der Waals surface area contributed by atoms with Gasteiger partial charge in [0.25, 0.3) is 11.6 Å². The molecule has 7 heteroatoms. The summed E-state index contributed by atoms with van der Waals surface area (Å²) in [6.07, 6.45) is 0.194. The van der Waals surface area contributed by atoms with Gasteiger partial charge in [0.15, 0.2) is 0 Å². The van der Waals surface area contributed by atoms with Crippen molar-refractivity contribution in [1.82, 2.24) is 4.90 Å². The van der Waals surface area contributed by atoms with Crippen LogP contribution >= 0.6 is 11.6 Å². The van der Waals surface area contributed by atoms with E-state index in [9.17, 15) is 20.0 Å². The van der Waals surface area contributed by atoms with Gasteiger partial charge in [0.2, 0.25) is 0 Å². The van der Waals surface area contributed by atoms with Crippen LogP contribution in [0.3, 0.4) is 0 Å². The Morgan fingerprint density at radius 1 is 1.60 bits per heavy atom. The Bertz CT molecular complexity index is 547. The lowest BCUT2D eigenvalue weighted by molar-refractivity contribution is -0.385. The van der Waals surface area contributed by atoms with Crippen LogP contribution in [0.1, 0.15) is 23.7 Å². The minimum Gasteiger partial charge on any atom is -0.393 e. The van der Waals surface area contributed by atoms with Gasteiger partial charge in [0.1, 0.15) is 5.56 Å². The molecule has 1 aromatic carbocycles. The van der Waals surface area contributed by atoms with Gasteiger partial charge in [-0.15, -0.1) is 0 Å². The summed E-state index contributed by atoms with van der Waals surface area (Å²) >= 11 is 5.82. The van der Waals surface area contributed by atoms with Crippen LogP contribution in [0.5, 0.6) is 0 Å². The fourth-order valence-corrected chi connectivity index (χ4v) is 2.55. The van der Waals surface area contributed by atoms with Crippen molar-refractivity contribution < 1.29 is 14.8 Å². The summed E-state index contributed by atoms with van der Waals surface area (Å²) in [5, 5.41) is 20.8. The van der Waals surface area contributed by atoms with Crippen LogP contribution in [0.2, 0.25) is 5.02 Å². The predicted molar refractivity (Wildman–Crippen MR) is 73.8 cm³/mol. The molecule has 1 saturated heterocycles. The zero-order valence-electron chi connectivity index (χ0n) is 11.0. The average Bonchev–Trinajstić information content (AvgIpc) is 2.87. The third-order valence-corrected chi connectivity index (χ3v) is 3.81. The van der Waals surface area contributed by atoms with Gasteiger partial charge in [-0.25, -0.2) is 0 Å². The van der Waals surface area contributed by atoms with Crippen molar-refractivity contribution in [3.8, 4) is 0 Å². The number of hydrogen-bond acceptors (Lipinski definition) is 4. The van der Waals surface area contributed by atoms with E-state index in [4.69, 9.17) is 11.6 Å². The number of halogens is 1. The Hall–Kier alpha value is -1.66. The van der Waals surface area contributed by atoms with Crippen molar-refractivity contribution in [2.75, 3.05) is 13.1 Å². The first kappa shape index (κ1) is 14.7. The molecule has 0 aromatic heterocycles. The van der Waals surface area contributed by atoms with E-state index < -0.39 is 16.9 Å². The molecule has 2 rings (SSSR count). The van der Waals surface area contributed by atoms with Gasteiger partial charge in [-0.2, -0.15) is 0 Å². The van der Waals surface area contributed by atoms with Crippen LogP contribution in [0.4, 0.5) is 5.69 Å². The second-order valence-corrected chi connectivity index (χ2v) is 5.40. The second kappa shape index (κ2) is 5.76. The van der Waals surface area contributed by atoms with Crippen molar-refractivity contribution >= 4 is 23.2 Å². The molecule has 0 saturated carbocycles. The average molecular weight is 299 g/mol. The molecule has 6 nitrogen and oxygen atoms in total. The molecule has 108 valence electrons. The van der Waals surface area contributed by atoms with Gasteiger partial charge in [0.05, 0.1) is 11.0 Å². The molecular formula is C13H15ClN2O4. The van der Waals surface area contributed by atoms with E-state index in [1.54, 1.807) is 6.92 Å². The Morgan fingerprint density at radius 3 is 2.85 bits per heavy atom. The van der Waals surface area contributed by atoms with Crippen LogP contribution in [0, 0.1) is 16.0 Å². The number of nitrogens with zero attached hydrogens (tertiary/aromatic N) is 2. The summed E-state index contributed by atoms with van der Waals surface area (Å²) in [7, 11) is 0. The van der Waals surface area contributed by atoms with Crippen molar-refractivity contribution in [3.63, 3.8) is 0 Å². The molecule has 0 radical (unpaired) electrons. The minimum atomic E-state index is -0.591. The number of hydrogen-bond donors (Lipinski definition) is 1. The van der Waals surface area contributed by atoms with Crippen LogP contribution in [0.15, 0.2) is 18.2 Å². The Balaban J connectivity index is 2.26. The molecule has 1 aliphatic rings. The Labute approximate surface area is 121 Å². The number of nitro groups is 1. The number of amides is 1. The van der Waals surface area contributed by atoms with Gasteiger partial charge < -0.3 is 10.0 Å². The van der Waals surface area contributed by atoms with E-state index in [0.717, 1.165) is 0 Å². The highest BCUT2D eigenvalue weighted by Gasteiger charge is 2.32. The maximum absolute atomic E-state index is 12.4. The predicted octanol–water partition coefficient (Wildman–Crippen LogP) is 2.09. The number of nitro benzene ring substituents is 1. The van der Waals surface area contributed by atoms with E-state index in [0.29, 0.717) is 19.5 Å². The Kier molecular flexibility index (Phi) is 4.25. The number of carbonyl (C=O) groups excluding carboxylic acids is 1. The minimum absolute atomic E-state index is 0.00579. The third kappa shape index (κ3) is 2.91. The highest BCUT2D eigenvalue weighted by atomic mass is 35.5. The van der Waals surface area contributed by atoms with Crippen LogP contribution in [-0.2, 0) is 0 Å². The highest BCUT2D eigenvalue weighted by molar-refractivity contribution is 6.31. The van der Waals surface area contributed by atoms with Crippen LogP contribution in [-0.4, -0.2) is 40.0 Å². The molecular weight excluding hydrogens is 284 g/mol. The fraction of sp³-hybridized carbons (Fsp3) is 0.462. The summed E-state index contributed by atoms with van der Waals surface area (Å²) in [6.45, 7) is 2.57. The van der Waals surface area contributed by atoms with Gasteiger partial charge in [-0.1, -0.05) is 11.6 Å². The normalized spacial score (nSPS) is 19.9. The van der Waals surface area contributed by atoms with Crippen LogP contribution < -0.4 is 0 Å². The molecule has 1 heterocycles. The number of likely N-dealkylation sites (tertiary alicyclic amines) is 1. The first-order valence-electron chi connectivity index (χ1n) is 6.31. The van der Waals surface area contributed by atoms with E-state index in [1.807, 2.05) is 0 Å². The molecule has 2 unspecified atom stereocenters. The van der Waals surface area contributed by atoms with E-state index >= 15 is 0 Å². The molecule has 1 aliphatic heterocycles. The van der Waals surface area contributed by atoms with Gasteiger partial charge in [-0.3, -0.25) is 14.9 Å². The highest BCUT2D eigenvalue weighted by Crippen LogP contribution is 2.27. The summed E-state index contributed by atoms with van der Waals surface area (Å²) in [4.78, 5) is 24.3. The molecule has 20 heavy (non-hydrogen) atoms. The third-order valence-electron chi connectivity index (χ3n) is 3.58. The van der Waals surface area contributed by atoms with Crippen molar-refractivity contribution in [1.29, 1.82) is 0 Å². The molecule has 0 aliphatic carbocycles. The lowest BCUT2D eigenvalue weighted by Crippen LogP contribution is -2.30. The second-order valence-electron chi connectivity index (χ2n) is 4.96. The molecule has 1 amide bonds. The molecule has 2 atom stereocenters. The van der Waals surface area contributed by atoms with Crippen LogP contribution in [0.25, 0.3) is 0 Å². The summed E-state index contributed by atoms with van der Waals surface area (Å²) < 4.78 is 0. The number of aliphatic hydroxyl groups is 1. The monoisotopic (exact) mass is 298 g/mol. The lowest BCUT2D eigenvalue weighted by atomic mass is 10.0. The lowest BCUT2D eigenvalue weighted by Gasteiger charge is -2.17. The first-order valence-corrected chi connectivity index (χ1v) is 6.69. The summed E-state index contributed by atoms with van der Waals surface area (Å²) in [5.41, 5.74) is -0.256. The maximum atomic E-state index is 12.4. The van der Waals surface area contributed by atoms with E-state index in [1.165, 1.54) is 23.1 Å². The first-order chi connectivity index (χ1) is 9.40. The smallest absolute Gasteiger partial charge is 0.282 e. The molecule has 0 bridgehead atoms. The molecule has 1 N–H and O–H groups in total. The van der Waals surface area contributed by atoms with Gasteiger partial charge in [0, 0.05) is 30.1 Å². The molecule has 0 spiro atoms. The SMILES string of the molecule is CC(O)C1CCN(C(=O)c2cc(Cl)ccc2[N+](=O)[O-])C1. The summed E-state index contributed by atoms with van der Waals surface area (Å²) in [6, 6.07) is 3.94. The topological polar surface area (TPSA) is 83.7 Å². The standard InChI is InChI=1S/C13H15ClN2O4/c1-8(17)9-4-5-15(7-9)13(18)11-6-10(14)2-3-12(11)16(19)20/h2-3,6,8-9,17H,4-5,7H2,1H3. The van der Waals surface area contributed by atoms with Gasteiger partial charge in [-0.05, 0) is 25.5 Å². The number of benzene rings is 1. The quantitative estimate of drug-likeness (QED) is 0.684. The number of aliphatic hydroxyl groups excluding tert-OH is 1.